The van der Waals surface area contributed by atoms with Crippen LogP contribution < -0.4 is 28.4 Å². The monoisotopic (exact) mass is 1670 g/mol. The highest BCUT2D eigenvalue weighted by molar-refractivity contribution is 6.10. The molecule has 632 valence electrons. The molecule has 0 N–H and O–H groups in total. The van der Waals surface area contributed by atoms with Crippen molar-refractivity contribution in [2.75, 3.05) is 101 Å². The smallest absolute Gasteiger partial charge is 0.302 e. The average molecular weight is 1670 g/mol. The summed E-state index contributed by atoms with van der Waals surface area (Å²) in [7, 11) is 5.02. The topological polar surface area (TPSA) is 162 Å². The van der Waals surface area contributed by atoms with Crippen molar-refractivity contribution < 1.29 is 71.2 Å². The van der Waals surface area contributed by atoms with Crippen LogP contribution in [0.2, 0.25) is 0 Å². The molecule has 0 amide bonds. The summed E-state index contributed by atoms with van der Waals surface area (Å²) in [5.41, 5.74) is 19.4. The first-order valence-electron chi connectivity index (χ1n) is 42.4. The molecule has 0 aromatic heterocycles. The van der Waals surface area contributed by atoms with Crippen molar-refractivity contribution in [2.24, 2.45) is 0 Å². The summed E-state index contributed by atoms with van der Waals surface area (Å²) in [6.07, 6.45) is 0. The fourth-order valence-corrected chi connectivity index (χ4v) is 17.6. The Morgan fingerprint density at radius 3 is 0.881 bits per heavy atom. The molecule has 126 heavy (non-hydrogen) atoms. The van der Waals surface area contributed by atoms with Gasteiger partial charge in [-0.3, -0.25) is 14.4 Å². The lowest BCUT2D eigenvalue weighted by Gasteiger charge is -2.35. The van der Waals surface area contributed by atoms with Crippen molar-refractivity contribution in [3.63, 3.8) is 0 Å². The van der Waals surface area contributed by atoms with Crippen LogP contribution in [0.4, 0.5) is 0 Å². The number of ether oxygens (including phenoxy) is 12. The summed E-state index contributed by atoms with van der Waals surface area (Å²) in [5.74, 6) is 3.63. The Morgan fingerprint density at radius 2 is 0.508 bits per heavy atom. The van der Waals surface area contributed by atoms with E-state index in [2.05, 4.69) is 255 Å². The van der Waals surface area contributed by atoms with E-state index in [1.165, 1.54) is 76.4 Å². The van der Waals surface area contributed by atoms with Crippen molar-refractivity contribution in [2.45, 2.75) is 31.6 Å². The maximum atomic E-state index is 11.4. The lowest BCUT2D eigenvalue weighted by Crippen LogP contribution is -2.29. The zero-order valence-corrected chi connectivity index (χ0v) is 71.4. The number of carbonyl (C=O) groups excluding carboxylic acids is 3. The van der Waals surface area contributed by atoms with Gasteiger partial charge in [-0.1, -0.05) is 267 Å². The molecule has 0 aliphatic heterocycles. The minimum absolute atomic E-state index is 0.178. The van der Waals surface area contributed by atoms with Gasteiger partial charge in [0.15, 0.2) is 0 Å². The van der Waals surface area contributed by atoms with E-state index in [0.29, 0.717) is 52.0 Å². The van der Waals surface area contributed by atoms with E-state index < -0.39 is 10.8 Å². The second kappa shape index (κ2) is 39.9. The van der Waals surface area contributed by atoms with Crippen LogP contribution in [0.15, 0.2) is 340 Å². The Bertz CT molecular complexity index is 6470. The van der Waals surface area contributed by atoms with E-state index in [0.717, 1.165) is 116 Å². The minimum Gasteiger partial charge on any atom is -0.491 e. The van der Waals surface area contributed by atoms with Crippen molar-refractivity contribution in [1.82, 2.24) is 0 Å². The molecule has 0 spiro atoms. The van der Waals surface area contributed by atoms with Crippen LogP contribution in [0.1, 0.15) is 65.3 Å². The maximum absolute atomic E-state index is 11.4. The molecule has 0 heterocycles. The predicted octanol–water partition coefficient (Wildman–Crippen LogP) is 23.3. The molecule has 0 saturated carbocycles. The quantitative estimate of drug-likeness (QED) is 0.0229. The summed E-state index contributed by atoms with van der Waals surface area (Å²) in [6, 6.07) is 119. The van der Waals surface area contributed by atoms with Gasteiger partial charge in [-0.2, -0.15) is 0 Å². The largest absolute Gasteiger partial charge is 0.491 e. The first-order chi connectivity index (χ1) is 61.9. The van der Waals surface area contributed by atoms with Gasteiger partial charge < -0.3 is 56.8 Å². The Hall–Kier alpha value is -14.4. The predicted molar refractivity (Wildman–Crippen MR) is 499 cm³/mol. The number of hydrogen-bond acceptors (Lipinski definition) is 15. The summed E-state index contributed by atoms with van der Waals surface area (Å²) in [6.45, 7) is 8.55. The minimum atomic E-state index is -0.651. The van der Waals surface area contributed by atoms with Crippen LogP contribution in [0.25, 0.3) is 98.7 Å². The molecule has 18 rings (SSSR count). The van der Waals surface area contributed by atoms with Crippen LogP contribution in [0.5, 0.6) is 34.5 Å². The van der Waals surface area contributed by atoms with Crippen LogP contribution in [-0.4, -0.2) is 119 Å². The number of hydrogen-bond donors (Lipinski definition) is 0. The van der Waals surface area contributed by atoms with Crippen molar-refractivity contribution in [3.05, 3.63) is 384 Å². The molecular formula is C111H98O15. The molecule has 15 nitrogen and oxygen atoms in total. The summed E-state index contributed by atoms with van der Waals surface area (Å²) >= 11 is 0. The summed E-state index contributed by atoms with van der Waals surface area (Å²) < 4.78 is 67.5. The van der Waals surface area contributed by atoms with Crippen molar-refractivity contribution in [3.8, 4) is 90.1 Å². The van der Waals surface area contributed by atoms with Gasteiger partial charge in [0.25, 0.3) is 0 Å². The van der Waals surface area contributed by atoms with E-state index in [4.69, 9.17) is 56.8 Å². The zero-order valence-electron chi connectivity index (χ0n) is 71.4. The maximum Gasteiger partial charge on any atom is 0.302 e. The van der Waals surface area contributed by atoms with E-state index >= 15 is 0 Å². The van der Waals surface area contributed by atoms with Gasteiger partial charge in [-0.05, 0) is 194 Å². The fourth-order valence-electron chi connectivity index (χ4n) is 17.6. The molecule has 0 unspecified atom stereocenters. The number of esters is 3. The van der Waals surface area contributed by atoms with E-state index in [1.807, 2.05) is 84.9 Å². The second-order valence-electron chi connectivity index (χ2n) is 30.7. The van der Waals surface area contributed by atoms with Gasteiger partial charge in [0.05, 0.1) is 30.7 Å². The van der Waals surface area contributed by atoms with Gasteiger partial charge in [-0.15, -0.1) is 0 Å². The Kier molecular flexibility index (Phi) is 27.0. The fraction of sp³-hybridized carbons (Fsp3) is 0.180. The molecule has 0 atom stereocenters. The highest BCUT2D eigenvalue weighted by atomic mass is 16.6. The van der Waals surface area contributed by atoms with Gasteiger partial charge in [-0.25, -0.2) is 0 Å². The van der Waals surface area contributed by atoms with Crippen LogP contribution >= 0.6 is 0 Å². The third-order valence-electron chi connectivity index (χ3n) is 23.0. The second-order valence-corrected chi connectivity index (χ2v) is 30.7. The highest BCUT2D eigenvalue weighted by Gasteiger charge is 2.48. The van der Waals surface area contributed by atoms with Gasteiger partial charge in [0, 0.05) is 64.4 Å². The van der Waals surface area contributed by atoms with E-state index in [-0.39, 0.29) is 50.9 Å². The molecular weight excluding hydrogens is 1570 g/mol. The lowest BCUT2D eigenvalue weighted by atomic mass is 9.67. The number of fused-ring (bicyclic) bond motifs is 10. The SMILES string of the molecule is COCCOc1ccc(C2(c3ccc(OCCOC(C)=O)c(-c4ccccc4)c3)c3ccccc3-c3ccccc32)cc1-c1ccccc1.COCCOc1ccc2cc(C3(c4ccc5cc(OCCOC(C)=O)ccc5c4)c4ccccc4-c4ccccc43)ccc2c1.COCCOc1ccc2ccccc2c1-c1c(OCCOC(C)=O)ccc2ccccc12. The molecule has 0 saturated heterocycles. The van der Waals surface area contributed by atoms with E-state index in [9.17, 15) is 14.4 Å². The Balaban J connectivity index is 0.000000142. The van der Waals surface area contributed by atoms with E-state index in [1.54, 1.807) is 21.3 Å². The van der Waals surface area contributed by atoms with Gasteiger partial charge in [0.1, 0.15) is 94.0 Å². The summed E-state index contributed by atoms with van der Waals surface area (Å²) in [5, 5.41) is 8.84. The van der Waals surface area contributed by atoms with Crippen LogP contribution in [0, 0.1) is 0 Å². The molecule has 2 aliphatic carbocycles. The molecule has 16 aromatic rings. The number of carbonyl (C=O) groups is 3. The number of rotatable bonds is 31. The molecule has 0 radical (unpaired) electrons. The first-order valence-corrected chi connectivity index (χ1v) is 42.4. The van der Waals surface area contributed by atoms with Crippen molar-refractivity contribution >= 4 is 61.0 Å². The standard InChI is InChI=1S/C44H38O5.C40H34O5.C27H26O5/c1-31(45)47-27-28-49-43-24-22-35(30-39(43)33-15-7-4-8-16-33)44(40-19-11-9-17-36(40)37-18-10-12-20-41(37)44)34-21-23-42(48-26-25-46-2)38(29-34)32-13-5-3-6-14-32;1-27(41)43-21-22-45-35-18-14-29-24-33(16-12-31(29)26-35)40(38-9-5-3-7-36(38)37-8-4-6-10-39(37)40)32-15-11-30-25-34(44-20-19-42-2)17-13-28(30)23-32;1-19(28)30-17-18-32-25-14-12-21-8-4-6-10-23(21)27(25)26-22-9-5-3-7-20(22)11-13-24(26)31-16-15-29-2/h3-24,29-30H,25-28H2,1-2H3;3-18,23-26H,19-22H2,1-2H3;3-14H,15-18H2,1-2H3. The summed E-state index contributed by atoms with van der Waals surface area (Å²) in [4.78, 5) is 33.6. The zero-order chi connectivity index (χ0) is 86.8. The Morgan fingerprint density at radius 1 is 0.230 bits per heavy atom. The molecule has 16 aromatic carbocycles. The lowest BCUT2D eigenvalue weighted by molar-refractivity contribution is -0.142. The normalized spacial score (nSPS) is 12.3. The number of methoxy groups -OCH3 is 3. The first kappa shape index (κ1) is 85.2. The third kappa shape index (κ3) is 18.1. The molecule has 0 bridgehead atoms. The highest BCUT2D eigenvalue weighted by Crippen LogP contribution is 2.60. The molecule has 0 fully saturated rings. The number of benzene rings is 16. The Labute approximate surface area is 734 Å². The average Bonchev–Trinajstić information content (AvgIpc) is 1.54. The molecule has 15 heteroatoms. The van der Waals surface area contributed by atoms with Gasteiger partial charge >= 0.3 is 17.9 Å². The van der Waals surface area contributed by atoms with Gasteiger partial charge in [0.2, 0.25) is 0 Å². The van der Waals surface area contributed by atoms with Crippen LogP contribution in [0.3, 0.4) is 0 Å². The molecule has 2 aliphatic rings. The van der Waals surface area contributed by atoms with Crippen molar-refractivity contribution in [1.29, 1.82) is 0 Å². The van der Waals surface area contributed by atoms with Crippen LogP contribution in [-0.2, 0) is 53.6 Å². The third-order valence-corrected chi connectivity index (χ3v) is 23.0.